The minimum Gasteiger partial charge on any atom is -0.268 e. The van der Waals surface area contributed by atoms with Crippen molar-refractivity contribution >= 4 is 44.9 Å². The first-order chi connectivity index (χ1) is 12.6. The first-order valence-corrected chi connectivity index (χ1v) is 11.2. The van der Waals surface area contributed by atoms with E-state index in [9.17, 15) is 4.79 Å². The van der Waals surface area contributed by atoms with Crippen molar-refractivity contribution in [3.63, 3.8) is 0 Å². The van der Waals surface area contributed by atoms with Gasteiger partial charge in [0.25, 0.3) is 5.56 Å². The molecular formula is C20H23ClN2OS2. The number of rotatable bonds is 7. The molecule has 0 atom stereocenters. The van der Waals surface area contributed by atoms with E-state index in [1.165, 1.54) is 4.88 Å². The lowest BCUT2D eigenvalue weighted by Crippen LogP contribution is -2.21. The highest BCUT2D eigenvalue weighted by Gasteiger charge is 2.18. The average Bonchev–Trinajstić information content (AvgIpc) is 2.93. The molecule has 0 unspecified atom stereocenters. The van der Waals surface area contributed by atoms with Gasteiger partial charge in [-0.05, 0) is 49.6 Å². The van der Waals surface area contributed by atoms with Crippen LogP contribution in [0.4, 0.5) is 0 Å². The Balaban J connectivity index is 2.22. The Bertz CT molecular complexity index is 961. The molecule has 0 saturated heterocycles. The summed E-state index contributed by atoms with van der Waals surface area (Å²) in [5.74, 6) is 0.953. The van der Waals surface area contributed by atoms with Crippen LogP contribution in [0.2, 0.25) is 5.02 Å². The number of aromatic nitrogens is 2. The van der Waals surface area contributed by atoms with E-state index in [0.717, 1.165) is 58.1 Å². The molecule has 0 aliphatic heterocycles. The first-order valence-electron chi connectivity index (χ1n) is 9.00. The van der Waals surface area contributed by atoms with E-state index in [4.69, 9.17) is 16.6 Å². The summed E-state index contributed by atoms with van der Waals surface area (Å²) in [4.78, 5) is 20.4. The number of aryl methyl sites for hydroxylation is 2. The Morgan fingerprint density at radius 3 is 2.58 bits per heavy atom. The third-order valence-electron chi connectivity index (χ3n) is 4.32. The Hall–Kier alpha value is -1.30. The molecule has 0 amide bonds. The highest BCUT2D eigenvalue weighted by molar-refractivity contribution is 7.99. The van der Waals surface area contributed by atoms with Crippen LogP contribution in [-0.2, 0) is 6.42 Å². The summed E-state index contributed by atoms with van der Waals surface area (Å²) < 4.78 is 1.74. The van der Waals surface area contributed by atoms with Crippen molar-refractivity contribution in [3.05, 3.63) is 50.1 Å². The number of benzene rings is 1. The Labute approximate surface area is 167 Å². The molecule has 138 valence electrons. The lowest BCUT2D eigenvalue weighted by Gasteiger charge is -2.12. The predicted molar refractivity (Wildman–Crippen MR) is 115 cm³/mol. The average molecular weight is 407 g/mol. The van der Waals surface area contributed by atoms with E-state index in [1.54, 1.807) is 27.7 Å². The normalized spacial score (nSPS) is 11.4. The van der Waals surface area contributed by atoms with Gasteiger partial charge in [0.15, 0.2) is 5.16 Å². The van der Waals surface area contributed by atoms with E-state index in [1.807, 2.05) is 31.2 Å². The number of hydrogen-bond donors (Lipinski definition) is 0. The van der Waals surface area contributed by atoms with Gasteiger partial charge in [0.05, 0.1) is 11.1 Å². The Kier molecular flexibility index (Phi) is 6.43. The van der Waals surface area contributed by atoms with Crippen LogP contribution in [0.3, 0.4) is 0 Å². The van der Waals surface area contributed by atoms with Crippen LogP contribution in [0.15, 0.2) is 34.2 Å². The van der Waals surface area contributed by atoms with Crippen LogP contribution < -0.4 is 5.56 Å². The monoisotopic (exact) mass is 406 g/mol. The SMILES string of the molecule is CCCCSc1nc2sc(CCC)c(C)c2c(=O)n1-c1ccc(Cl)cc1. The van der Waals surface area contributed by atoms with Gasteiger partial charge < -0.3 is 0 Å². The van der Waals surface area contributed by atoms with Crippen LogP contribution in [0.25, 0.3) is 15.9 Å². The lowest BCUT2D eigenvalue weighted by atomic mass is 10.1. The minimum atomic E-state index is 0.0208. The largest absolute Gasteiger partial charge is 0.268 e. The van der Waals surface area contributed by atoms with E-state index < -0.39 is 0 Å². The molecule has 0 bridgehead atoms. The summed E-state index contributed by atoms with van der Waals surface area (Å²) in [6.45, 7) is 6.38. The Morgan fingerprint density at radius 2 is 1.92 bits per heavy atom. The van der Waals surface area contributed by atoms with Crippen molar-refractivity contribution < 1.29 is 0 Å². The van der Waals surface area contributed by atoms with Gasteiger partial charge in [-0.1, -0.05) is 50.1 Å². The molecule has 0 aliphatic rings. The van der Waals surface area contributed by atoms with Crippen molar-refractivity contribution in [3.8, 4) is 5.69 Å². The molecule has 2 heterocycles. The van der Waals surface area contributed by atoms with Gasteiger partial charge in [-0.25, -0.2) is 4.98 Å². The Morgan fingerprint density at radius 1 is 1.19 bits per heavy atom. The molecule has 0 spiro atoms. The van der Waals surface area contributed by atoms with Gasteiger partial charge in [-0.3, -0.25) is 9.36 Å². The van der Waals surface area contributed by atoms with Crippen molar-refractivity contribution in [1.82, 2.24) is 9.55 Å². The molecule has 0 N–H and O–H groups in total. The van der Waals surface area contributed by atoms with Gasteiger partial charge in [0, 0.05) is 15.7 Å². The molecule has 0 saturated carbocycles. The van der Waals surface area contributed by atoms with Gasteiger partial charge in [-0.15, -0.1) is 11.3 Å². The van der Waals surface area contributed by atoms with Gasteiger partial charge >= 0.3 is 0 Å². The van der Waals surface area contributed by atoms with Crippen LogP contribution in [0.5, 0.6) is 0 Å². The maximum Gasteiger partial charge on any atom is 0.267 e. The molecule has 3 rings (SSSR count). The first kappa shape index (κ1) is 19.5. The van der Waals surface area contributed by atoms with Crippen molar-refractivity contribution in [2.75, 3.05) is 5.75 Å². The van der Waals surface area contributed by atoms with Crippen molar-refractivity contribution in [1.29, 1.82) is 0 Å². The molecule has 3 nitrogen and oxygen atoms in total. The maximum absolute atomic E-state index is 13.4. The topological polar surface area (TPSA) is 34.9 Å². The number of unbranched alkanes of at least 4 members (excludes halogenated alkanes) is 1. The van der Waals surface area contributed by atoms with Crippen LogP contribution in [0, 0.1) is 6.92 Å². The minimum absolute atomic E-state index is 0.0208. The third kappa shape index (κ3) is 3.85. The van der Waals surface area contributed by atoms with E-state index in [-0.39, 0.29) is 5.56 Å². The van der Waals surface area contributed by atoms with E-state index in [0.29, 0.717) is 5.02 Å². The second-order valence-electron chi connectivity index (χ2n) is 6.29. The summed E-state index contributed by atoms with van der Waals surface area (Å²) >= 11 is 9.35. The van der Waals surface area contributed by atoms with Crippen LogP contribution in [0.1, 0.15) is 43.6 Å². The van der Waals surface area contributed by atoms with Gasteiger partial charge in [-0.2, -0.15) is 0 Å². The number of halogens is 1. The van der Waals surface area contributed by atoms with Crippen molar-refractivity contribution in [2.45, 2.75) is 51.6 Å². The van der Waals surface area contributed by atoms with Gasteiger partial charge in [0.1, 0.15) is 4.83 Å². The fourth-order valence-corrected chi connectivity index (χ4v) is 5.44. The molecule has 2 aromatic heterocycles. The molecule has 26 heavy (non-hydrogen) atoms. The fraction of sp³-hybridized carbons (Fsp3) is 0.400. The zero-order valence-electron chi connectivity index (χ0n) is 15.3. The summed E-state index contributed by atoms with van der Waals surface area (Å²) in [5, 5.41) is 2.18. The van der Waals surface area contributed by atoms with E-state index >= 15 is 0 Å². The fourth-order valence-electron chi connectivity index (χ4n) is 2.90. The predicted octanol–water partition coefficient (Wildman–Crippen LogP) is 6.25. The summed E-state index contributed by atoms with van der Waals surface area (Å²) in [5.41, 5.74) is 1.92. The number of thiophene rings is 1. The van der Waals surface area contributed by atoms with E-state index in [2.05, 4.69) is 13.8 Å². The van der Waals surface area contributed by atoms with Crippen LogP contribution >= 0.6 is 34.7 Å². The zero-order chi connectivity index (χ0) is 18.7. The summed E-state index contributed by atoms with van der Waals surface area (Å²) in [6, 6.07) is 7.40. The number of thioether (sulfide) groups is 1. The highest BCUT2D eigenvalue weighted by atomic mass is 35.5. The second kappa shape index (κ2) is 8.59. The quantitative estimate of drug-likeness (QED) is 0.264. The molecule has 0 fully saturated rings. The number of nitrogens with zero attached hydrogens (tertiary/aromatic N) is 2. The zero-order valence-corrected chi connectivity index (χ0v) is 17.7. The number of fused-ring (bicyclic) bond motifs is 1. The molecule has 0 radical (unpaired) electrons. The molecule has 3 aromatic rings. The molecule has 6 heteroatoms. The van der Waals surface area contributed by atoms with Gasteiger partial charge in [0.2, 0.25) is 0 Å². The number of hydrogen-bond acceptors (Lipinski definition) is 4. The molecular weight excluding hydrogens is 384 g/mol. The van der Waals surface area contributed by atoms with Crippen LogP contribution in [-0.4, -0.2) is 15.3 Å². The summed E-state index contributed by atoms with van der Waals surface area (Å²) in [7, 11) is 0. The van der Waals surface area contributed by atoms with Crippen molar-refractivity contribution in [2.24, 2.45) is 0 Å². The maximum atomic E-state index is 13.4. The molecule has 0 aliphatic carbocycles. The lowest BCUT2D eigenvalue weighted by molar-refractivity contribution is 0.816. The standard InChI is InChI=1S/C20H23ClN2OS2/c1-4-6-12-25-20-22-18-17(13(3)16(26-18)7-5-2)19(24)23(20)15-10-8-14(21)9-11-15/h8-11H,4-7,12H2,1-3H3. The molecule has 1 aromatic carbocycles. The summed E-state index contributed by atoms with van der Waals surface area (Å²) in [6.07, 6.45) is 4.28. The second-order valence-corrected chi connectivity index (χ2v) is 8.88. The smallest absolute Gasteiger partial charge is 0.267 e. The highest BCUT2D eigenvalue weighted by Crippen LogP contribution is 2.31. The third-order valence-corrected chi connectivity index (χ3v) is 6.85.